The summed E-state index contributed by atoms with van der Waals surface area (Å²) in [6.45, 7) is 5.45. The van der Waals surface area contributed by atoms with Gasteiger partial charge in [0.25, 0.3) is 0 Å². The fourth-order valence-corrected chi connectivity index (χ4v) is 1.74. The first-order valence-electron chi connectivity index (χ1n) is 6.17. The Balaban J connectivity index is 2.61. The van der Waals surface area contributed by atoms with Crippen molar-refractivity contribution in [3.63, 3.8) is 0 Å². The Kier molecular flexibility index (Phi) is 5.82. The molecule has 4 nitrogen and oxygen atoms in total. The zero-order chi connectivity index (χ0) is 13.5. The summed E-state index contributed by atoms with van der Waals surface area (Å²) in [5.74, 6) is -0.767. The molecule has 0 aliphatic rings. The number of nitrogens with zero attached hydrogens (tertiary/aromatic N) is 1. The average molecular weight is 251 g/mol. The number of benzene rings is 1. The van der Waals surface area contributed by atoms with Gasteiger partial charge in [-0.3, -0.25) is 9.69 Å². The molecule has 0 unspecified atom stereocenters. The van der Waals surface area contributed by atoms with Gasteiger partial charge < -0.3 is 10.2 Å². The maximum absolute atomic E-state index is 10.6. The maximum Gasteiger partial charge on any atom is 0.304 e. The summed E-state index contributed by atoms with van der Waals surface area (Å²) in [7, 11) is 0. The number of rotatable bonds is 7. The van der Waals surface area contributed by atoms with Crippen LogP contribution in [0.1, 0.15) is 31.4 Å². The molecule has 0 heterocycles. The van der Waals surface area contributed by atoms with E-state index in [1.807, 2.05) is 24.3 Å². The van der Waals surface area contributed by atoms with E-state index in [2.05, 4.69) is 18.7 Å². The lowest BCUT2D eigenvalue weighted by atomic mass is 10.1. The van der Waals surface area contributed by atoms with Crippen LogP contribution in [0.25, 0.3) is 0 Å². The fraction of sp³-hybridized carbons (Fsp3) is 0.500. The molecular weight excluding hydrogens is 230 g/mol. The quantitative estimate of drug-likeness (QED) is 0.776. The normalized spacial score (nSPS) is 11.2. The minimum absolute atomic E-state index is 0.0488. The van der Waals surface area contributed by atoms with E-state index in [9.17, 15) is 4.79 Å². The average Bonchev–Trinajstić information content (AvgIpc) is 2.34. The Hall–Kier alpha value is -1.39. The van der Waals surface area contributed by atoms with Gasteiger partial charge in [0.1, 0.15) is 0 Å². The van der Waals surface area contributed by atoms with E-state index in [0.29, 0.717) is 12.6 Å². The molecule has 0 bridgehead atoms. The number of aliphatic hydroxyl groups excluding tert-OH is 1. The zero-order valence-electron chi connectivity index (χ0n) is 11.0. The zero-order valence-corrected chi connectivity index (χ0v) is 11.0. The molecule has 0 atom stereocenters. The number of carboxylic acid groups (broad SMARTS) is 1. The molecule has 0 aliphatic carbocycles. The third-order valence-corrected chi connectivity index (χ3v) is 2.93. The third-order valence-electron chi connectivity index (χ3n) is 2.93. The van der Waals surface area contributed by atoms with Gasteiger partial charge in [0.05, 0.1) is 13.0 Å². The van der Waals surface area contributed by atoms with Crippen LogP contribution in [0.2, 0.25) is 0 Å². The van der Waals surface area contributed by atoms with E-state index in [-0.39, 0.29) is 13.0 Å². The number of hydrogen-bond acceptors (Lipinski definition) is 3. The summed E-state index contributed by atoms with van der Waals surface area (Å²) in [4.78, 5) is 12.7. The Morgan fingerprint density at radius 2 is 1.78 bits per heavy atom. The third kappa shape index (κ3) is 4.85. The number of hydrogen-bond donors (Lipinski definition) is 2. The van der Waals surface area contributed by atoms with E-state index >= 15 is 0 Å². The molecule has 1 aromatic rings. The molecule has 0 radical (unpaired) electrons. The minimum atomic E-state index is -0.767. The van der Waals surface area contributed by atoms with E-state index in [1.165, 1.54) is 0 Å². The Bertz CT molecular complexity index is 373. The van der Waals surface area contributed by atoms with Crippen LogP contribution in [0, 0.1) is 0 Å². The first kappa shape index (κ1) is 14.7. The number of aliphatic carboxylic acids is 1. The summed E-state index contributed by atoms with van der Waals surface area (Å²) in [6, 6.07) is 8.04. The van der Waals surface area contributed by atoms with Gasteiger partial charge in [0, 0.05) is 19.1 Å². The Morgan fingerprint density at radius 3 is 2.22 bits per heavy atom. The largest absolute Gasteiger partial charge is 0.481 e. The van der Waals surface area contributed by atoms with Crippen LogP contribution in [-0.4, -0.2) is 33.7 Å². The second-order valence-corrected chi connectivity index (χ2v) is 4.68. The van der Waals surface area contributed by atoms with Crippen molar-refractivity contribution in [2.24, 2.45) is 0 Å². The molecule has 0 aromatic heterocycles. The molecule has 4 heteroatoms. The minimum Gasteiger partial charge on any atom is -0.481 e. The van der Waals surface area contributed by atoms with Crippen molar-refractivity contribution in [2.45, 2.75) is 39.5 Å². The maximum atomic E-state index is 10.6. The van der Waals surface area contributed by atoms with Gasteiger partial charge in [-0.1, -0.05) is 24.3 Å². The summed E-state index contributed by atoms with van der Waals surface area (Å²) < 4.78 is 0. The van der Waals surface area contributed by atoms with Crippen molar-refractivity contribution >= 4 is 5.97 Å². The van der Waals surface area contributed by atoms with E-state index in [1.54, 1.807) is 0 Å². The highest BCUT2D eigenvalue weighted by atomic mass is 16.4. The molecule has 18 heavy (non-hydrogen) atoms. The molecule has 0 saturated heterocycles. The molecule has 100 valence electrons. The smallest absolute Gasteiger partial charge is 0.304 e. The second-order valence-electron chi connectivity index (χ2n) is 4.68. The number of carboxylic acids is 1. The monoisotopic (exact) mass is 251 g/mol. The van der Waals surface area contributed by atoms with E-state index in [4.69, 9.17) is 10.2 Å². The van der Waals surface area contributed by atoms with Gasteiger partial charge in [-0.15, -0.1) is 0 Å². The van der Waals surface area contributed by atoms with Crippen LogP contribution in [0.15, 0.2) is 24.3 Å². The van der Waals surface area contributed by atoms with Crippen LogP contribution in [0.5, 0.6) is 0 Å². The van der Waals surface area contributed by atoms with Crippen LogP contribution in [0.3, 0.4) is 0 Å². The summed E-state index contributed by atoms with van der Waals surface area (Å²) in [5, 5.41) is 17.7. The van der Waals surface area contributed by atoms with E-state index in [0.717, 1.165) is 17.7 Å². The van der Waals surface area contributed by atoms with Crippen molar-refractivity contribution in [1.29, 1.82) is 0 Å². The fourth-order valence-electron chi connectivity index (χ4n) is 1.74. The van der Waals surface area contributed by atoms with Crippen LogP contribution < -0.4 is 0 Å². The van der Waals surface area contributed by atoms with Gasteiger partial charge in [0.2, 0.25) is 0 Å². The summed E-state index contributed by atoms with van der Waals surface area (Å²) >= 11 is 0. The molecule has 0 spiro atoms. The van der Waals surface area contributed by atoms with Crippen molar-refractivity contribution in [3.8, 4) is 0 Å². The summed E-state index contributed by atoms with van der Waals surface area (Å²) in [5.41, 5.74) is 2.02. The second kappa shape index (κ2) is 7.13. The highest BCUT2D eigenvalue weighted by Crippen LogP contribution is 2.10. The lowest BCUT2D eigenvalue weighted by Gasteiger charge is -2.25. The molecule has 1 rings (SSSR count). The van der Waals surface area contributed by atoms with Gasteiger partial charge in [0.15, 0.2) is 0 Å². The van der Waals surface area contributed by atoms with Gasteiger partial charge in [-0.25, -0.2) is 0 Å². The molecule has 1 aromatic carbocycles. The SMILES string of the molecule is CC(C)N(CCC(=O)O)Cc1ccc(CO)cc1. The highest BCUT2D eigenvalue weighted by molar-refractivity contribution is 5.66. The topological polar surface area (TPSA) is 60.8 Å². The first-order valence-corrected chi connectivity index (χ1v) is 6.17. The Morgan fingerprint density at radius 1 is 1.22 bits per heavy atom. The highest BCUT2D eigenvalue weighted by Gasteiger charge is 2.11. The summed E-state index contributed by atoms with van der Waals surface area (Å²) in [6.07, 6.45) is 0.160. The Labute approximate surface area is 108 Å². The van der Waals surface area contributed by atoms with Crippen LogP contribution in [0.4, 0.5) is 0 Å². The van der Waals surface area contributed by atoms with Gasteiger partial charge in [-0.2, -0.15) is 0 Å². The van der Waals surface area contributed by atoms with Crippen molar-refractivity contribution in [1.82, 2.24) is 4.90 Å². The molecular formula is C14H21NO3. The lowest BCUT2D eigenvalue weighted by molar-refractivity contribution is -0.137. The van der Waals surface area contributed by atoms with Crippen molar-refractivity contribution < 1.29 is 15.0 Å². The predicted octanol–water partition coefficient (Wildman–Crippen LogP) is 1.86. The molecule has 0 amide bonds. The van der Waals surface area contributed by atoms with E-state index < -0.39 is 5.97 Å². The molecule has 2 N–H and O–H groups in total. The number of aliphatic hydroxyl groups is 1. The molecule has 0 fully saturated rings. The number of carbonyl (C=O) groups is 1. The predicted molar refractivity (Wildman–Crippen MR) is 70.2 cm³/mol. The standard InChI is InChI=1S/C14H21NO3/c1-11(2)15(8-7-14(17)18)9-12-3-5-13(10-16)6-4-12/h3-6,11,16H,7-10H2,1-2H3,(H,17,18). The van der Waals surface area contributed by atoms with Crippen LogP contribution in [-0.2, 0) is 17.9 Å². The van der Waals surface area contributed by atoms with Crippen LogP contribution >= 0.6 is 0 Å². The van der Waals surface area contributed by atoms with Gasteiger partial charge in [-0.05, 0) is 25.0 Å². The first-order chi connectivity index (χ1) is 8.52. The molecule has 0 aliphatic heterocycles. The van der Waals surface area contributed by atoms with Crippen molar-refractivity contribution in [3.05, 3.63) is 35.4 Å². The molecule has 0 saturated carbocycles. The van der Waals surface area contributed by atoms with Gasteiger partial charge >= 0.3 is 5.97 Å². The van der Waals surface area contributed by atoms with Crippen molar-refractivity contribution in [2.75, 3.05) is 6.54 Å². The lowest BCUT2D eigenvalue weighted by Crippen LogP contribution is -2.32.